The summed E-state index contributed by atoms with van der Waals surface area (Å²) in [7, 11) is 0. The number of hydrogen-bond acceptors (Lipinski definition) is 2. The number of nitrogens with zero attached hydrogens (tertiary/aromatic N) is 1. The summed E-state index contributed by atoms with van der Waals surface area (Å²) in [6.45, 7) is 7.31. The van der Waals surface area contributed by atoms with Crippen LogP contribution in [0.25, 0.3) is 0 Å². The van der Waals surface area contributed by atoms with Crippen molar-refractivity contribution in [2.24, 2.45) is 11.8 Å². The van der Waals surface area contributed by atoms with Crippen molar-refractivity contribution < 1.29 is 4.79 Å². The molecule has 3 nitrogen and oxygen atoms in total. The summed E-state index contributed by atoms with van der Waals surface area (Å²) < 4.78 is 0. The van der Waals surface area contributed by atoms with E-state index in [0.29, 0.717) is 12.6 Å². The second kappa shape index (κ2) is 7.28. The van der Waals surface area contributed by atoms with Crippen LogP contribution >= 0.6 is 0 Å². The predicted molar refractivity (Wildman–Crippen MR) is 79.0 cm³/mol. The molecule has 3 heteroatoms. The first-order chi connectivity index (χ1) is 9.17. The van der Waals surface area contributed by atoms with Gasteiger partial charge in [0.05, 0.1) is 6.54 Å². The third-order valence-corrected chi connectivity index (χ3v) is 4.50. The molecule has 0 aromatic rings. The molecule has 19 heavy (non-hydrogen) atoms. The van der Waals surface area contributed by atoms with E-state index in [1.807, 2.05) is 0 Å². The van der Waals surface area contributed by atoms with Gasteiger partial charge in [-0.15, -0.1) is 0 Å². The van der Waals surface area contributed by atoms with Crippen LogP contribution in [0.15, 0.2) is 0 Å². The smallest absolute Gasteiger partial charge is 0.234 e. The summed E-state index contributed by atoms with van der Waals surface area (Å²) in [5.74, 6) is 1.96. The zero-order valence-electron chi connectivity index (χ0n) is 12.7. The molecule has 110 valence electrons. The molecule has 2 rings (SSSR count). The molecular weight excluding hydrogens is 236 g/mol. The van der Waals surface area contributed by atoms with Gasteiger partial charge in [0, 0.05) is 12.6 Å². The van der Waals surface area contributed by atoms with Gasteiger partial charge >= 0.3 is 0 Å². The Morgan fingerprint density at radius 1 is 1.16 bits per heavy atom. The lowest BCUT2D eigenvalue weighted by molar-refractivity contribution is -0.123. The van der Waals surface area contributed by atoms with Crippen LogP contribution in [-0.4, -0.2) is 36.5 Å². The van der Waals surface area contributed by atoms with Gasteiger partial charge in [0.1, 0.15) is 0 Å². The fourth-order valence-electron chi connectivity index (χ4n) is 3.10. The highest BCUT2D eigenvalue weighted by Gasteiger charge is 2.25. The van der Waals surface area contributed by atoms with Crippen LogP contribution in [0.4, 0.5) is 0 Å². The molecule has 0 aromatic carbocycles. The van der Waals surface area contributed by atoms with E-state index in [1.54, 1.807) is 0 Å². The molecule has 2 saturated carbocycles. The number of amides is 1. The first kappa shape index (κ1) is 14.8. The molecule has 0 saturated heterocycles. The van der Waals surface area contributed by atoms with E-state index in [2.05, 4.69) is 24.1 Å². The summed E-state index contributed by atoms with van der Waals surface area (Å²) in [5.41, 5.74) is 0. The van der Waals surface area contributed by atoms with Gasteiger partial charge in [-0.1, -0.05) is 13.8 Å². The zero-order chi connectivity index (χ0) is 13.7. The third-order valence-electron chi connectivity index (χ3n) is 4.50. The van der Waals surface area contributed by atoms with Crippen LogP contribution in [0.2, 0.25) is 0 Å². The fraction of sp³-hybridized carbons (Fsp3) is 0.938. The van der Waals surface area contributed by atoms with Gasteiger partial charge in [0.15, 0.2) is 0 Å². The maximum Gasteiger partial charge on any atom is 0.234 e. The van der Waals surface area contributed by atoms with Crippen LogP contribution in [-0.2, 0) is 4.79 Å². The molecule has 0 atom stereocenters. The molecule has 0 aliphatic heterocycles. The van der Waals surface area contributed by atoms with E-state index in [4.69, 9.17) is 0 Å². The van der Waals surface area contributed by atoms with E-state index >= 15 is 0 Å². The normalized spacial score (nSPS) is 27.5. The molecule has 0 aromatic heterocycles. The average Bonchev–Trinajstić information content (AvgIpc) is 3.16. The summed E-state index contributed by atoms with van der Waals surface area (Å²) >= 11 is 0. The SMILES string of the molecule is CCCN(CC(=O)NC1CCC(C)CC1)CC1CC1. The summed E-state index contributed by atoms with van der Waals surface area (Å²) in [6, 6.07) is 0.438. The number of carbonyl (C=O) groups is 1. The van der Waals surface area contributed by atoms with Crippen LogP contribution in [0.3, 0.4) is 0 Å². The van der Waals surface area contributed by atoms with Crippen molar-refractivity contribution in [2.75, 3.05) is 19.6 Å². The van der Waals surface area contributed by atoms with Crippen molar-refractivity contribution in [3.63, 3.8) is 0 Å². The number of nitrogens with one attached hydrogen (secondary N) is 1. The average molecular weight is 266 g/mol. The first-order valence-corrected chi connectivity index (χ1v) is 8.19. The minimum atomic E-state index is 0.244. The lowest BCUT2D eigenvalue weighted by atomic mass is 9.87. The second-order valence-electron chi connectivity index (χ2n) is 6.70. The Morgan fingerprint density at radius 3 is 2.42 bits per heavy atom. The lowest BCUT2D eigenvalue weighted by Crippen LogP contribution is -2.44. The molecule has 0 bridgehead atoms. The van der Waals surface area contributed by atoms with E-state index < -0.39 is 0 Å². The van der Waals surface area contributed by atoms with Gasteiger partial charge < -0.3 is 5.32 Å². The fourth-order valence-corrected chi connectivity index (χ4v) is 3.10. The Bertz CT molecular complexity index is 280. The highest BCUT2D eigenvalue weighted by atomic mass is 16.2. The van der Waals surface area contributed by atoms with Crippen molar-refractivity contribution >= 4 is 5.91 Å². The minimum absolute atomic E-state index is 0.244. The number of hydrogen-bond donors (Lipinski definition) is 1. The molecule has 0 radical (unpaired) electrons. The molecule has 0 heterocycles. The molecule has 0 unspecified atom stereocenters. The van der Waals surface area contributed by atoms with Gasteiger partial charge in [0.2, 0.25) is 5.91 Å². The molecule has 1 N–H and O–H groups in total. The summed E-state index contributed by atoms with van der Waals surface area (Å²) in [4.78, 5) is 14.5. The second-order valence-corrected chi connectivity index (χ2v) is 6.70. The third kappa shape index (κ3) is 5.52. The first-order valence-electron chi connectivity index (χ1n) is 8.19. The van der Waals surface area contributed by atoms with Crippen LogP contribution in [0.5, 0.6) is 0 Å². The predicted octanol–water partition coefficient (Wildman–Crippen LogP) is 2.80. The number of carbonyl (C=O) groups excluding carboxylic acids is 1. The van der Waals surface area contributed by atoms with E-state index in [-0.39, 0.29) is 5.91 Å². The van der Waals surface area contributed by atoms with Crippen LogP contribution in [0, 0.1) is 11.8 Å². The standard InChI is InChI=1S/C16H30N2O/c1-3-10-18(11-14-6-7-14)12-16(19)17-15-8-4-13(2)5-9-15/h13-15H,3-12H2,1-2H3,(H,17,19). The Morgan fingerprint density at radius 2 is 1.84 bits per heavy atom. The van der Waals surface area contributed by atoms with Crippen LogP contribution in [0.1, 0.15) is 58.8 Å². The Hall–Kier alpha value is -0.570. The molecular formula is C16H30N2O. The topological polar surface area (TPSA) is 32.3 Å². The molecule has 0 spiro atoms. The van der Waals surface area contributed by atoms with E-state index in [1.165, 1.54) is 38.5 Å². The van der Waals surface area contributed by atoms with Gasteiger partial charge in [0.25, 0.3) is 0 Å². The molecule has 2 fully saturated rings. The quantitative estimate of drug-likeness (QED) is 0.768. The maximum atomic E-state index is 12.1. The van der Waals surface area contributed by atoms with Gasteiger partial charge in [-0.3, -0.25) is 9.69 Å². The Balaban J connectivity index is 1.68. The highest BCUT2D eigenvalue weighted by molar-refractivity contribution is 5.78. The Kier molecular flexibility index (Phi) is 5.68. The summed E-state index contributed by atoms with van der Waals surface area (Å²) in [5, 5.41) is 3.24. The monoisotopic (exact) mass is 266 g/mol. The van der Waals surface area contributed by atoms with Crippen molar-refractivity contribution in [1.82, 2.24) is 10.2 Å². The largest absolute Gasteiger partial charge is 0.352 e. The zero-order valence-corrected chi connectivity index (χ0v) is 12.7. The number of rotatable bonds is 7. The Labute approximate surface area is 118 Å². The lowest BCUT2D eigenvalue weighted by Gasteiger charge is -2.28. The summed E-state index contributed by atoms with van der Waals surface area (Å²) in [6.07, 6.45) is 8.75. The van der Waals surface area contributed by atoms with Gasteiger partial charge in [-0.05, 0) is 63.3 Å². The van der Waals surface area contributed by atoms with Crippen molar-refractivity contribution in [3.8, 4) is 0 Å². The highest BCUT2D eigenvalue weighted by Crippen LogP contribution is 2.29. The molecule has 2 aliphatic rings. The van der Waals surface area contributed by atoms with Gasteiger partial charge in [-0.25, -0.2) is 0 Å². The van der Waals surface area contributed by atoms with Crippen molar-refractivity contribution in [1.29, 1.82) is 0 Å². The molecule has 1 amide bonds. The van der Waals surface area contributed by atoms with Crippen molar-refractivity contribution in [3.05, 3.63) is 0 Å². The van der Waals surface area contributed by atoms with Crippen LogP contribution < -0.4 is 5.32 Å². The van der Waals surface area contributed by atoms with E-state index in [0.717, 1.165) is 31.3 Å². The van der Waals surface area contributed by atoms with E-state index in [9.17, 15) is 4.79 Å². The van der Waals surface area contributed by atoms with Crippen molar-refractivity contribution in [2.45, 2.75) is 64.8 Å². The minimum Gasteiger partial charge on any atom is -0.352 e. The molecule has 2 aliphatic carbocycles. The maximum absolute atomic E-state index is 12.1. The van der Waals surface area contributed by atoms with Gasteiger partial charge in [-0.2, -0.15) is 0 Å².